The molecule has 20 heavy (non-hydrogen) atoms. The van der Waals surface area contributed by atoms with Gasteiger partial charge in [0.2, 0.25) is 0 Å². The van der Waals surface area contributed by atoms with Crippen molar-refractivity contribution in [3.8, 4) is 0 Å². The molecule has 0 aliphatic heterocycles. The molecule has 5 heteroatoms. The molecule has 0 spiro atoms. The van der Waals surface area contributed by atoms with Gasteiger partial charge in [-0.2, -0.15) is 0 Å². The zero-order chi connectivity index (χ0) is 14.7. The largest absolute Gasteiger partial charge is 0.478 e. The highest BCUT2D eigenvalue weighted by atomic mass is 32.2. The summed E-state index contributed by atoms with van der Waals surface area (Å²) < 4.78 is 13.8. The lowest BCUT2D eigenvalue weighted by Gasteiger charge is -2.06. The van der Waals surface area contributed by atoms with Crippen molar-refractivity contribution in [2.24, 2.45) is 0 Å². The number of nitrogens with zero attached hydrogens (tertiary/aromatic N) is 1. The van der Waals surface area contributed by atoms with E-state index in [1.807, 2.05) is 26.0 Å². The first-order chi connectivity index (χ1) is 9.45. The van der Waals surface area contributed by atoms with E-state index in [4.69, 9.17) is 5.11 Å². The second-order valence-corrected chi connectivity index (χ2v) is 5.52. The molecule has 104 valence electrons. The Morgan fingerprint density at radius 3 is 2.65 bits per heavy atom. The number of aromatic nitrogens is 1. The zero-order valence-corrected chi connectivity index (χ0v) is 12.0. The van der Waals surface area contributed by atoms with Crippen LogP contribution in [0.1, 0.15) is 27.2 Å². The summed E-state index contributed by atoms with van der Waals surface area (Å²) in [5, 5.41) is 9.62. The Balaban J connectivity index is 2.12. The topological polar surface area (TPSA) is 50.2 Å². The molecule has 0 atom stereocenters. The Morgan fingerprint density at radius 1 is 1.30 bits per heavy atom. The van der Waals surface area contributed by atoms with Gasteiger partial charge < -0.3 is 5.11 Å². The van der Waals surface area contributed by atoms with E-state index in [1.165, 1.54) is 23.9 Å². The fraction of sp³-hybridized carbons (Fsp3) is 0.200. The summed E-state index contributed by atoms with van der Waals surface area (Å²) in [6.07, 6.45) is 0. The average Bonchev–Trinajstić information content (AvgIpc) is 2.36. The minimum Gasteiger partial charge on any atom is -0.478 e. The van der Waals surface area contributed by atoms with Gasteiger partial charge in [0.05, 0.1) is 10.6 Å². The number of hydrogen-bond donors (Lipinski definition) is 1. The first-order valence-corrected chi connectivity index (χ1v) is 7.04. The molecule has 0 unspecified atom stereocenters. The summed E-state index contributed by atoms with van der Waals surface area (Å²) in [5.41, 5.74) is 2.47. The number of rotatable bonds is 4. The van der Waals surface area contributed by atoms with E-state index < -0.39 is 11.8 Å². The molecule has 1 aromatic carbocycles. The zero-order valence-electron chi connectivity index (χ0n) is 11.2. The van der Waals surface area contributed by atoms with Crippen molar-refractivity contribution >= 4 is 17.7 Å². The summed E-state index contributed by atoms with van der Waals surface area (Å²) >= 11 is 1.43. The minimum absolute atomic E-state index is 0.0409. The number of benzene rings is 1. The van der Waals surface area contributed by atoms with E-state index in [0.29, 0.717) is 11.3 Å². The van der Waals surface area contributed by atoms with Crippen molar-refractivity contribution in [1.82, 2.24) is 4.98 Å². The van der Waals surface area contributed by atoms with E-state index in [1.54, 1.807) is 0 Å². The van der Waals surface area contributed by atoms with Gasteiger partial charge in [-0.15, -0.1) is 11.8 Å². The molecule has 1 N–H and O–H groups in total. The Kier molecular flexibility index (Phi) is 4.39. The van der Waals surface area contributed by atoms with Crippen molar-refractivity contribution < 1.29 is 14.3 Å². The van der Waals surface area contributed by atoms with Crippen molar-refractivity contribution in [2.45, 2.75) is 24.6 Å². The predicted octanol–water partition coefficient (Wildman–Crippen LogP) is 3.83. The molecule has 0 fully saturated rings. The van der Waals surface area contributed by atoms with Crippen LogP contribution in [0.2, 0.25) is 0 Å². The van der Waals surface area contributed by atoms with Crippen LogP contribution in [0.4, 0.5) is 4.39 Å². The van der Waals surface area contributed by atoms with E-state index in [0.717, 1.165) is 22.3 Å². The molecule has 2 aromatic rings. The third-order valence-corrected chi connectivity index (χ3v) is 3.71. The Morgan fingerprint density at radius 2 is 2.05 bits per heavy atom. The molecule has 1 heterocycles. The fourth-order valence-electron chi connectivity index (χ4n) is 1.83. The van der Waals surface area contributed by atoms with Crippen molar-refractivity contribution in [2.75, 3.05) is 0 Å². The fourth-order valence-corrected chi connectivity index (χ4v) is 2.84. The number of carboxylic acid groups (broad SMARTS) is 1. The number of hydrogen-bond acceptors (Lipinski definition) is 3. The monoisotopic (exact) mass is 291 g/mol. The molecule has 0 aliphatic rings. The number of carbonyl (C=O) groups is 1. The van der Waals surface area contributed by atoms with Crippen LogP contribution in [0.25, 0.3) is 0 Å². The number of halogens is 1. The van der Waals surface area contributed by atoms with Gasteiger partial charge in [-0.3, -0.25) is 0 Å². The van der Waals surface area contributed by atoms with Crippen LogP contribution in [-0.2, 0) is 5.75 Å². The third kappa shape index (κ3) is 3.57. The summed E-state index contributed by atoms with van der Waals surface area (Å²) in [5.74, 6) is -1.21. The SMILES string of the molecule is Cc1cc(C)nc(SCc2ccc(C(=O)O)cc2F)c1. The highest BCUT2D eigenvalue weighted by Crippen LogP contribution is 2.24. The first-order valence-electron chi connectivity index (χ1n) is 6.05. The lowest BCUT2D eigenvalue weighted by molar-refractivity contribution is 0.0696. The van der Waals surface area contributed by atoms with E-state index in [9.17, 15) is 9.18 Å². The van der Waals surface area contributed by atoms with Gasteiger partial charge in [-0.25, -0.2) is 14.2 Å². The number of aryl methyl sites for hydroxylation is 2. The molecular weight excluding hydrogens is 277 g/mol. The van der Waals surface area contributed by atoms with Crippen LogP contribution in [0.3, 0.4) is 0 Å². The van der Waals surface area contributed by atoms with Gasteiger partial charge in [0.1, 0.15) is 5.82 Å². The quantitative estimate of drug-likeness (QED) is 0.870. The number of thioether (sulfide) groups is 1. The van der Waals surface area contributed by atoms with Crippen LogP contribution in [0, 0.1) is 19.7 Å². The smallest absolute Gasteiger partial charge is 0.335 e. The Hall–Kier alpha value is -1.88. The molecule has 0 saturated carbocycles. The van der Waals surface area contributed by atoms with Crippen LogP contribution >= 0.6 is 11.8 Å². The second-order valence-electron chi connectivity index (χ2n) is 4.52. The Labute approximate surface area is 120 Å². The van der Waals surface area contributed by atoms with Crippen molar-refractivity contribution in [3.63, 3.8) is 0 Å². The van der Waals surface area contributed by atoms with E-state index >= 15 is 0 Å². The van der Waals surface area contributed by atoms with Gasteiger partial charge in [0.25, 0.3) is 0 Å². The van der Waals surface area contributed by atoms with Gasteiger partial charge in [0, 0.05) is 11.4 Å². The van der Waals surface area contributed by atoms with Crippen LogP contribution in [0.15, 0.2) is 35.4 Å². The summed E-state index contributed by atoms with van der Waals surface area (Å²) in [6, 6.07) is 7.89. The normalized spacial score (nSPS) is 10.6. The highest BCUT2D eigenvalue weighted by Gasteiger charge is 2.09. The summed E-state index contributed by atoms with van der Waals surface area (Å²) in [7, 11) is 0. The third-order valence-electron chi connectivity index (χ3n) is 2.75. The summed E-state index contributed by atoms with van der Waals surface area (Å²) in [4.78, 5) is 15.1. The lowest BCUT2D eigenvalue weighted by Crippen LogP contribution is -1.99. The van der Waals surface area contributed by atoms with Crippen LogP contribution in [-0.4, -0.2) is 16.1 Å². The molecule has 2 rings (SSSR count). The second kappa shape index (κ2) is 6.05. The van der Waals surface area contributed by atoms with Gasteiger partial charge in [-0.1, -0.05) is 6.07 Å². The maximum absolute atomic E-state index is 13.8. The molecule has 0 aliphatic carbocycles. The number of aromatic carboxylic acids is 1. The predicted molar refractivity (Wildman–Crippen MR) is 76.6 cm³/mol. The number of pyridine rings is 1. The number of carboxylic acids is 1. The highest BCUT2D eigenvalue weighted by molar-refractivity contribution is 7.98. The van der Waals surface area contributed by atoms with Gasteiger partial charge >= 0.3 is 5.97 Å². The molecule has 1 aromatic heterocycles. The molecular formula is C15H14FNO2S. The maximum atomic E-state index is 13.8. The average molecular weight is 291 g/mol. The lowest BCUT2D eigenvalue weighted by atomic mass is 10.1. The van der Waals surface area contributed by atoms with Gasteiger partial charge in [0.15, 0.2) is 0 Å². The Bertz CT molecular complexity index is 638. The molecule has 0 amide bonds. The summed E-state index contributed by atoms with van der Waals surface area (Å²) in [6.45, 7) is 3.90. The minimum atomic E-state index is -1.13. The van der Waals surface area contributed by atoms with Crippen LogP contribution in [0.5, 0.6) is 0 Å². The van der Waals surface area contributed by atoms with Crippen molar-refractivity contribution in [3.05, 3.63) is 58.5 Å². The molecule has 0 bridgehead atoms. The molecule has 0 saturated heterocycles. The van der Waals surface area contributed by atoms with Crippen molar-refractivity contribution in [1.29, 1.82) is 0 Å². The van der Waals surface area contributed by atoms with E-state index in [2.05, 4.69) is 4.98 Å². The van der Waals surface area contributed by atoms with Crippen LogP contribution < -0.4 is 0 Å². The maximum Gasteiger partial charge on any atom is 0.335 e. The van der Waals surface area contributed by atoms with Gasteiger partial charge in [-0.05, 0) is 49.2 Å². The first kappa shape index (κ1) is 14.5. The molecule has 0 radical (unpaired) electrons. The van der Waals surface area contributed by atoms with E-state index in [-0.39, 0.29) is 5.56 Å². The standard InChI is InChI=1S/C15H14FNO2S/c1-9-5-10(2)17-14(6-9)20-8-12-4-3-11(15(18)19)7-13(12)16/h3-7H,8H2,1-2H3,(H,18,19). The molecule has 3 nitrogen and oxygen atoms in total.